The lowest BCUT2D eigenvalue weighted by Gasteiger charge is -2.25. The second-order valence-corrected chi connectivity index (χ2v) is 13.7. The van der Waals surface area contributed by atoms with E-state index in [1.165, 1.54) is 28.8 Å². The van der Waals surface area contributed by atoms with Crippen LogP contribution in [0, 0.1) is 5.82 Å². The normalized spacial score (nSPS) is 14.9. The second-order valence-electron chi connectivity index (χ2n) is 13.7. The van der Waals surface area contributed by atoms with Crippen LogP contribution in [0.2, 0.25) is 0 Å². The summed E-state index contributed by atoms with van der Waals surface area (Å²) in [5.74, 6) is 2.96. The first kappa shape index (κ1) is 34.9. The van der Waals surface area contributed by atoms with Crippen LogP contribution in [0.4, 0.5) is 27.9 Å². The monoisotopic (exact) mass is 718 g/mol. The van der Waals surface area contributed by atoms with E-state index in [4.69, 9.17) is 24.7 Å². The zero-order valence-electron chi connectivity index (χ0n) is 30.3. The molecular weight excluding hydrogens is 676 g/mol. The van der Waals surface area contributed by atoms with Crippen molar-refractivity contribution in [2.24, 2.45) is 0 Å². The summed E-state index contributed by atoms with van der Waals surface area (Å²) < 4.78 is 18.5. The third-order valence-electron chi connectivity index (χ3n) is 9.98. The summed E-state index contributed by atoms with van der Waals surface area (Å²) in [5, 5.41) is 8.94. The van der Waals surface area contributed by atoms with Crippen molar-refractivity contribution in [3.63, 3.8) is 0 Å². The Bertz CT molecular complexity index is 2310. The summed E-state index contributed by atoms with van der Waals surface area (Å²) in [6, 6.07) is 41.9. The largest absolute Gasteiger partial charge is 0.383 e. The van der Waals surface area contributed by atoms with Gasteiger partial charge in [0.2, 0.25) is 11.9 Å². The summed E-state index contributed by atoms with van der Waals surface area (Å²) in [6.45, 7) is 4.62. The van der Waals surface area contributed by atoms with Gasteiger partial charge in [-0.3, -0.25) is 0 Å². The lowest BCUT2D eigenvalue weighted by atomic mass is 10.1. The average molecular weight is 719 g/mol. The number of nitrogens with one attached hydrogen (secondary N) is 2. The van der Waals surface area contributed by atoms with Crippen LogP contribution in [-0.2, 0) is 30.9 Å². The van der Waals surface area contributed by atoms with Crippen molar-refractivity contribution in [1.82, 2.24) is 19.9 Å². The van der Waals surface area contributed by atoms with Gasteiger partial charge in [0, 0.05) is 50.6 Å². The Hall–Kier alpha value is -6.13. The maximum atomic E-state index is 13.1. The number of fused-ring (bicyclic) bond motifs is 3. The number of hydrogen-bond acceptors (Lipinski definition) is 9. The van der Waals surface area contributed by atoms with E-state index in [9.17, 15) is 4.39 Å². The highest BCUT2D eigenvalue weighted by Gasteiger charge is 2.27. The number of methoxy groups -OCH3 is 1. The summed E-state index contributed by atoms with van der Waals surface area (Å²) >= 11 is 0. The molecule has 1 saturated heterocycles. The minimum Gasteiger partial charge on any atom is -0.383 e. The van der Waals surface area contributed by atoms with Crippen molar-refractivity contribution >= 4 is 45.3 Å². The van der Waals surface area contributed by atoms with Gasteiger partial charge in [0.1, 0.15) is 17.5 Å². The molecule has 9 rings (SSSR count). The SMILES string of the molecule is COC[C@@H]1CCCN1c1nc(NCc2ccccc2)c2ccccc2n1.Fc1ccc(CNc2nc(N3Cc4ccccc4C3)nc3ccccc23)cc1. The number of nitrogens with zero attached hydrogens (tertiary/aromatic N) is 6. The van der Waals surface area contributed by atoms with Crippen LogP contribution < -0.4 is 20.4 Å². The molecule has 2 N–H and O–H groups in total. The number of benzene rings is 5. The zero-order chi connectivity index (χ0) is 36.7. The van der Waals surface area contributed by atoms with Crippen molar-refractivity contribution in [3.05, 3.63) is 155 Å². The number of halogens is 1. The highest BCUT2D eigenvalue weighted by atomic mass is 19.1. The van der Waals surface area contributed by atoms with Crippen LogP contribution in [0.25, 0.3) is 21.8 Å². The van der Waals surface area contributed by atoms with Gasteiger partial charge < -0.3 is 25.2 Å². The molecular formula is C44H43FN8O. The first-order chi connectivity index (χ1) is 26.6. The third kappa shape index (κ3) is 7.94. The molecule has 0 amide bonds. The molecule has 0 saturated carbocycles. The van der Waals surface area contributed by atoms with Gasteiger partial charge in [-0.1, -0.05) is 91.0 Å². The molecule has 7 aromatic rings. The molecule has 5 aromatic carbocycles. The minimum absolute atomic E-state index is 0.230. The Labute approximate surface area is 314 Å². The van der Waals surface area contributed by atoms with Gasteiger partial charge in [0.25, 0.3) is 0 Å². The van der Waals surface area contributed by atoms with E-state index in [2.05, 4.69) is 81.1 Å². The Kier molecular flexibility index (Phi) is 10.5. The Morgan fingerprint density at radius 3 is 1.80 bits per heavy atom. The zero-order valence-corrected chi connectivity index (χ0v) is 30.3. The fourth-order valence-corrected chi connectivity index (χ4v) is 7.18. The average Bonchev–Trinajstić information content (AvgIpc) is 3.88. The van der Waals surface area contributed by atoms with Gasteiger partial charge >= 0.3 is 0 Å². The fourth-order valence-electron chi connectivity index (χ4n) is 7.18. The summed E-state index contributed by atoms with van der Waals surface area (Å²) in [6.07, 6.45) is 2.27. The number of rotatable bonds is 10. The molecule has 0 bridgehead atoms. The molecule has 1 fully saturated rings. The molecule has 272 valence electrons. The molecule has 2 aromatic heterocycles. The van der Waals surface area contributed by atoms with E-state index in [1.54, 1.807) is 19.2 Å². The Balaban J connectivity index is 0.000000154. The third-order valence-corrected chi connectivity index (χ3v) is 9.98. The van der Waals surface area contributed by atoms with Crippen LogP contribution in [-0.4, -0.2) is 46.2 Å². The first-order valence-electron chi connectivity index (χ1n) is 18.5. The van der Waals surface area contributed by atoms with Crippen molar-refractivity contribution in [2.45, 2.75) is 45.1 Å². The van der Waals surface area contributed by atoms with E-state index in [1.807, 2.05) is 42.5 Å². The maximum absolute atomic E-state index is 13.1. The maximum Gasteiger partial charge on any atom is 0.228 e. The Morgan fingerprint density at radius 1 is 0.630 bits per heavy atom. The van der Waals surface area contributed by atoms with Crippen LogP contribution >= 0.6 is 0 Å². The Morgan fingerprint density at radius 2 is 1.17 bits per heavy atom. The van der Waals surface area contributed by atoms with Crippen molar-refractivity contribution in [3.8, 4) is 0 Å². The molecule has 2 aliphatic heterocycles. The van der Waals surface area contributed by atoms with E-state index in [-0.39, 0.29) is 5.82 Å². The summed E-state index contributed by atoms with van der Waals surface area (Å²) in [7, 11) is 1.75. The molecule has 4 heterocycles. The number of para-hydroxylation sites is 2. The van der Waals surface area contributed by atoms with Crippen molar-refractivity contribution in [1.29, 1.82) is 0 Å². The van der Waals surface area contributed by atoms with Gasteiger partial charge in [0.15, 0.2) is 0 Å². The fraction of sp³-hybridized carbons (Fsp3) is 0.227. The van der Waals surface area contributed by atoms with Crippen LogP contribution in [0.15, 0.2) is 127 Å². The predicted molar refractivity (Wildman–Crippen MR) is 215 cm³/mol. The lowest BCUT2D eigenvalue weighted by Crippen LogP contribution is -2.34. The molecule has 10 heteroatoms. The minimum atomic E-state index is -0.230. The van der Waals surface area contributed by atoms with Crippen LogP contribution in [0.1, 0.15) is 35.1 Å². The molecule has 0 unspecified atom stereocenters. The topological polar surface area (TPSA) is 91.3 Å². The number of anilines is 4. The molecule has 0 spiro atoms. The van der Waals surface area contributed by atoms with E-state index in [0.29, 0.717) is 19.2 Å². The van der Waals surface area contributed by atoms with E-state index >= 15 is 0 Å². The quantitative estimate of drug-likeness (QED) is 0.144. The highest BCUT2D eigenvalue weighted by molar-refractivity contribution is 5.91. The standard InChI is InChI=1S/C23H19FN4.C21H24N4O/c24-19-11-9-16(10-12-19)13-25-22-20-7-3-4-8-21(20)26-23(27-22)28-14-17-5-1-2-6-18(17)15-28;1-26-15-17-10-7-13-25(17)21-23-19-12-6-5-11-18(19)20(24-21)22-14-16-8-3-2-4-9-16/h1-12H,13-15H2,(H,25,26,27);2-6,8-9,11-12,17H,7,10,13-15H2,1H3,(H,22,23,24)/t;17-/m.0/s1. The van der Waals surface area contributed by atoms with Gasteiger partial charge in [-0.05, 0) is 71.5 Å². The highest BCUT2D eigenvalue weighted by Crippen LogP contribution is 2.31. The van der Waals surface area contributed by atoms with E-state index < -0.39 is 0 Å². The number of aromatic nitrogens is 4. The van der Waals surface area contributed by atoms with Gasteiger partial charge in [-0.2, -0.15) is 9.97 Å². The molecule has 0 aliphatic carbocycles. The second kappa shape index (κ2) is 16.3. The smallest absolute Gasteiger partial charge is 0.228 e. The molecule has 0 radical (unpaired) electrons. The summed E-state index contributed by atoms with van der Waals surface area (Å²) in [5.41, 5.74) is 6.75. The molecule has 1 atom stereocenters. The van der Waals surface area contributed by atoms with Gasteiger partial charge in [-0.25, -0.2) is 14.4 Å². The number of hydrogen-bond donors (Lipinski definition) is 2. The summed E-state index contributed by atoms with van der Waals surface area (Å²) in [4.78, 5) is 23.8. The van der Waals surface area contributed by atoms with Gasteiger partial charge in [0.05, 0.1) is 23.7 Å². The molecule has 2 aliphatic rings. The van der Waals surface area contributed by atoms with Crippen LogP contribution in [0.3, 0.4) is 0 Å². The predicted octanol–water partition coefficient (Wildman–Crippen LogP) is 8.76. The van der Waals surface area contributed by atoms with Crippen LogP contribution in [0.5, 0.6) is 0 Å². The lowest BCUT2D eigenvalue weighted by molar-refractivity contribution is 0.180. The molecule has 9 nitrogen and oxygen atoms in total. The van der Waals surface area contributed by atoms with Crippen molar-refractivity contribution in [2.75, 3.05) is 40.7 Å². The van der Waals surface area contributed by atoms with Crippen molar-refractivity contribution < 1.29 is 9.13 Å². The molecule has 54 heavy (non-hydrogen) atoms. The number of ether oxygens (including phenoxy) is 1. The van der Waals surface area contributed by atoms with Gasteiger partial charge in [-0.15, -0.1) is 0 Å². The first-order valence-corrected chi connectivity index (χ1v) is 18.5. The van der Waals surface area contributed by atoms with E-state index in [0.717, 1.165) is 89.9 Å².